The number of rotatable bonds is 5. The minimum atomic E-state index is -2.65. The lowest BCUT2D eigenvalue weighted by Gasteiger charge is -2.20. The van der Waals surface area contributed by atoms with E-state index in [-0.39, 0.29) is 29.1 Å². The smallest absolute Gasteiger partial charge is 0.270 e. The van der Waals surface area contributed by atoms with Crippen LogP contribution in [0.5, 0.6) is 0 Å². The lowest BCUT2D eigenvalue weighted by molar-refractivity contribution is -0.115. The van der Waals surface area contributed by atoms with Gasteiger partial charge in [0, 0.05) is 23.0 Å². The van der Waals surface area contributed by atoms with Crippen LogP contribution < -0.4 is 10.6 Å². The van der Waals surface area contributed by atoms with E-state index in [9.17, 15) is 18.4 Å². The Morgan fingerprint density at radius 3 is 2.50 bits per heavy atom. The second-order valence-corrected chi connectivity index (χ2v) is 6.86. The fourth-order valence-corrected chi connectivity index (χ4v) is 2.32. The number of nitrogens with one attached hydrogen (secondary N) is 2. The highest BCUT2D eigenvalue weighted by Crippen LogP contribution is 2.23. The average Bonchev–Trinajstić information content (AvgIpc) is 2.53. The minimum absolute atomic E-state index is 0.158. The number of hydrogen-bond donors (Lipinski definition) is 2. The summed E-state index contributed by atoms with van der Waals surface area (Å²) in [6.07, 6.45) is -1.43. The summed E-state index contributed by atoms with van der Waals surface area (Å²) in [6.45, 7) is 5.53. The summed E-state index contributed by atoms with van der Waals surface area (Å²) in [6, 6.07) is 8.88. The van der Waals surface area contributed by atoms with Crippen LogP contribution in [-0.2, 0) is 11.2 Å². The van der Waals surface area contributed by atoms with Gasteiger partial charge in [0.1, 0.15) is 5.69 Å². The van der Waals surface area contributed by atoms with Crippen molar-refractivity contribution in [1.82, 2.24) is 10.3 Å². The Hall–Kier alpha value is -2.83. The number of amides is 2. The van der Waals surface area contributed by atoms with Gasteiger partial charge in [-0.1, -0.05) is 24.3 Å². The molecule has 0 saturated heterocycles. The number of hydrogen-bond acceptors (Lipinski definition) is 3. The number of carbonyl (C=O) groups is 2. The van der Waals surface area contributed by atoms with E-state index in [0.29, 0.717) is 5.69 Å². The molecule has 2 aromatic rings. The van der Waals surface area contributed by atoms with E-state index in [0.717, 1.165) is 0 Å². The molecule has 0 unspecified atom stereocenters. The van der Waals surface area contributed by atoms with Gasteiger partial charge in [-0.2, -0.15) is 0 Å². The van der Waals surface area contributed by atoms with Gasteiger partial charge in [-0.3, -0.25) is 14.6 Å². The average molecular weight is 361 g/mol. The summed E-state index contributed by atoms with van der Waals surface area (Å²) in [5, 5.41) is 5.39. The number of aromatic nitrogens is 1. The lowest BCUT2D eigenvalue weighted by atomic mass is 10.0. The van der Waals surface area contributed by atoms with Crippen LogP contribution in [0.3, 0.4) is 0 Å². The van der Waals surface area contributed by atoms with Crippen molar-refractivity contribution in [3.8, 4) is 0 Å². The molecular weight excluding hydrogens is 340 g/mol. The maximum absolute atomic E-state index is 13.0. The van der Waals surface area contributed by atoms with Crippen LogP contribution in [-0.4, -0.2) is 22.3 Å². The van der Waals surface area contributed by atoms with Crippen molar-refractivity contribution < 1.29 is 18.4 Å². The summed E-state index contributed by atoms with van der Waals surface area (Å²) in [4.78, 5) is 28.3. The molecule has 1 aromatic heterocycles. The highest BCUT2D eigenvalue weighted by atomic mass is 19.3. The van der Waals surface area contributed by atoms with E-state index in [1.807, 2.05) is 20.8 Å². The van der Waals surface area contributed by atoms with Gasteiger partial charge in [-0.05, 0) is 38.5 Å². The predicted molar refractivity (Wildman–Crippen MR) is 95.2 cm³/mol. The van der Waals surface area contributed by atoms with E-state index in [4.69, 9.17) is 0 Å². The predicted octanol–water partition coefficient (Wildman–Crippen LogP) is 3.73. The number of carbonyl (C=O) groups excluding carboxylic acids is 2. The molecule has 2 rings (SSSR count). The Balaban J connectivity index is 2.08. The van der Waals surface area contributed by atoms with Crippen molar-refractivity contribution in [3.05, 3.63) is 59.4 Å². The maximum Gasteiger partial charge on any atom is 0.270 e. The number of nitrogens with zero attached hydrogens (tertiary/aromatic N) is 1. The third kappa shape index (κ3) is 5.61. The van der Waals surface area contributed by atoms with Gasteiger partial charge in [-0.15, -0.1) is 0 Å². The first kappa shape index (κ1) is 19.5. The van der Waals surface area contributed by atoms with Crippen LogP contribution in [0, 0.1) is 0 Å². The summed E-state index contributed by atoms with van der Waals surface area (Å²) in [5.41, 5.74) is 0.212. The van der Waals surface area contributed by atoms with Crippen LogP contribution in [0.1, 0.15) is 48.8 Å². The molecule has 0 aliphatic rings. The normalized spacial score (nSPS) is 11.3. The molecule has 0 atom stereocenters. The maximum atomic E-state index is 13.0. The zero-order chi connectivity index (χ0) is 19.3. The van der Waals surface area contributed by atoms with Crippen molar-refractivity contribution in [2.45, 2.75) is 39.2 Å². The molecule has 0 aliphatic heterocycles. The molecule has 26 heavy (non-hydrogen) atoms. The molecule has 0 spiro atoms. The Morgan fingerprint density at radius 2 is 1.85 bits per heavy atom. The summed E-state index contributed by atoms with van der Waals surface area (Å²) in [7, 11) is 0. The molecule has 1 heterocycles. The van der Waals surface area contributed by atoms with Gasteiger partial charge < -0.3 is 10.6 Å². The molecule has 1 aromatic carbocycles. The second kappa shape index (κ2) is 8.03. The molecule has 2 N–H and O–H groups in total. The van der Waals surface area contributed by atoms with E-state index in [2.05, 4.69) is 15.6 Å². The van der Waals surface area contributed by atoms with E-state index < -0.39 is 17.9 Å². The van der Waals surface area contributed by atoms with Crippen molar-refractivity contribution in [2.75, 3.05) is 5.32 Å². The number of benzene rings is 1. The molecule has 138 valence electrons. The largest absolute Gasteiger partial charge is 0.346 e. The third-order valence-electron chi connectivity index (χ3n) is 3.41. The van der Waals surface area contributed by atoms with Gasteiger partial charge in [-0.25, -0.2) is 8.78 Å². The molecule has 0 radical (unpaired) electrons. The number of halogens is 2. The molecule has 2 amide bonds. The van der Waals surface area contributed by atoms with Gasteiger partial charge in [0.05, 0.1) is 6.42 Å². The van der Waals surface area contributed by atoms with Gasteiger partial charge in [0.25, 0.3) is 12.3 Å². The van der Waals surface area contributed by atoms with Crippen LogP contribution in [0.2, 0.25) is 0 Å². The Kier molecular flexibility index (Phi) is 6.02. The first-order valence-electron chi connectivity index (χ1n) is 8.10. The Bertz CT molecular complexity index is 801. The minimum Gasteiger partial charge on any atom is -0.346 e. The first-order chi connectivity index (χ1) is 12.2. The van der Waals surface area contributed by atoms with Crippen molar-refractivity contribution in [2.24, 2.45) is 0 Å². The molecule has 0 saturated carbocycles. The van der Waals surface area contributed by atoms with Crippen LogP contribution in [0.4, 0.5) is 14.5 Å². The molecule has 0 bridgehead atoms. The molecular formula is C19H21F2N3O2. The topological polar surface area (TPSA) is 71.1 Å². The number of pyridine rings is 1. The monoisotopic (exact) mass is 361 g/mol. The van der Waals surface area contributed by atoms with E-state index in [1.54, 1.807) is 6.07 Å². The Labute approximate surface area is 150 Å². The fraction of sp³-hybridized carbons (Fsp3) is 0.316. The highest BCUT2D eigenvalue weighted by Gasteiger charge is 2.18. The first-order valence-corrected chi connectivity index (χ1v) is 8.10. The van der Waals surface area contributed by atoms with Crippen LogP contribution in [0.25, 0.3) is 0 Å². The summed E-state index contributed by atoms with van der Waals surface area (Å²) < 4.78 is 26.0. The number of anilines is 1. The summed E-state index contributed by atoms with van der Waals surface area (Å²) in [5.74, 6) is -0.817. The molecule has 0 fully saturated rings. The van der Waals surface area contributed by atoms with E-state index >= 15 is 0 Å². The number of alkyl halides is 2. The van der Waals surface area contributed by atoms with Crippen molar-refractivity contribution in [3.63, 3.8) is 0 Å². The third-order valence-corrected chi connectivity index (χ3v) is 3.41. The standard InChI is InChI=1S/C19H21F2N3O2/c1-19(2,3)24-18(26)15-11-13(8-9-22-15)23-16(25)10-12-6-4-5-7-14(12)17(20)21/h4-9,11,17H,10H2,1-3H3,(H,24,26)(H,22,23,25). The lowest BCUT2D eigenvalue weighted by Crippen LogP contribution is -2.40. The van der Waals surface area contributed by atoms with Crippen LogP contribution in [0.15, 0.2) is 42.6 Å². The molecule has 5 nitrogen and oxygen atoms in total. The fourth-order valence-electron chi connectivity index (χ4n) is 2.32. The quantitative estimate of drug-likeness (QED) is 0.852. The van der Waals surface area contributed by atoms with Crippen LogP contribution >= 0.6 is 0 Å². The van der Waals surface area contributed by atoms with Gasteiger partial charge >= 0.3 is 0 Å². The van der Waals surface area contributed by atoms with Crippen molar-refractivity contribution >= 4 is 17.5 Å². The van der Waals surface area contributed by atoms with Gasteiger partial charge in [0.2, 0.25) is 5.91 Å². The molecule has 0 aliphatic carbocycles. The zero-order valence-corrected chi connectivity index (χ0v) is 14.8. The molecule has 7 heteroatoms. The SMILES string of the molecule is CC(C)(C)NC(=O)c1cc(NC(=O)Cc2ccccc2C(F)F)ccn1. The Morgan fingerprint density at radius 1 is 1.15 bits per heavy atom. The summed E-state index contributed by atoms with van der Waals surface area (Å²) >= 11 is 0. The van der Waals surface area contributed by atoms with E-state index in [1.165, 1.54) is 36.5 Å². The van der Waals surface area contributed by atoms with Gasteiger partial charge in [0.15, 0.2) is 0 Å². The highest BCUT2D eigenvalue weighted by molar-refractivity contribution is 5.96. The second-order valence-electron chi connectivity index (χ2n) is 6.86. The zero-order valence-electron chi connectivity index (χ0n) is 14.8. The van der Waals surface area contributed by atoms with Crippen molar-refractivity contribution in [1.29, 1.82) is 0 Å².